The van der Waals surface area contributed by atoms with Gasteiger partial charge < -0.3 is 9.47 Å². The highest BCUT2D eigenvalue weighted by atomic mass is 16.6. The Labute approximate surface area is 172 Å². The Kier molecular flexibility index (Phi) is 17.5. The molecule has 0 N–H and O–H groups in total. The lowest BCUT2D eigenvalue weighted by atomic mass is 10.0. The second-order valence-electron chi connectivity index (χ2n) is 7.46. The van der Waals surface area contributed by atoms with Crippen molar-refractivity contribution in [2.45, 2.75) is 103 Å². The van der Waals surface area contributed by atoms with E-state index in [1.54, 1.807) is 6.92 Å². The molecule has 162 valence electrons. The lowest BCUT2D eigenvalue weighted by Crippen LogP contribution is -2.41. The Morgan fingerprint density at radius 3 is 1.79 bits per heavy atom. The number of unbranched alkanes of at least 4 members (excludes halogenated alkanes) is 12. The number of carbonyl (C=O) groups excluding carboxylic acids is 2. The first-order valence-electron chi connectivity index (χ1n) is 11.0. The standard InChI is InChI=1S/C23H41NO4/c1-5-7-8-9-10-11-12-13-14-15-16-17-18-20-27-22(25)21(3)24(4)23(26)28-19-6-2/h2,21H,5,7-20H2,1,3-4H3. The first-order valence-corrected chi connectivity index (χ1v) is 11.0. The molecule has 0 bridgehead atoms. The zero-order chi connectivity index (χ0) is 21.0. The van der Waals surface area contributed by atoms with Crippen molar-refractivity contribution < 1.29 is 19.1 Å². The first kappa shape index (κ1) is 26.3. The van der Waals surface area contributed by atoms with E-state index in [0.29, 0.717) is 6.61 Å². The Morgan fingerprint density at radius 1 is 0.857 bits per heavy atom. The van der Waals surface area contributed by atoms with Crippen LogP contribution in [-0.2, 0) is 14.3 Å². The van der Waals surface area contributed by atoms with Gasteiger partial charge in [0.05, 0.1) is 6.61 Å². The van der Waals surface area contributed by atoms with E-state index in [1.807, 2.05) is 0 Å². The molecule has 1 atom stereocenters. The van der Waals surface area contributed by atoms with Crippen LogP contribution in [-0.4, -0.2) is 43.3 Å². The van der Waals surface area contributed by atoms with Gasteiger partial charge in [-0.2, -0.15) is 0 Å². The Balaban J connectivity index is 3.51. The van der Waals surface area contributed by atoms with Crippen LogP contribution in [0, 0.1) is 12.3 Å². The third-order valence-electron chi connectivity index (χ3n) is 4.98. The van der Waals surface area contributed by atoms with Gasteiger partial charge >= 0.3 is 12.1 Å². The quantitative estimate of drug-likeness (QED) is 0.180. The third-order valence-corrected chi connectivity index (χ3v) is 4.98. The van der Waals surface area contributed by atoms with E-state index >= 15 is 0 Å². The summed E-state index contributed by atoms with van der Waals surface area (Å²) in [6.45, 7) is 4.16. The summed E-state index contributed by atoms with van der Waals surface area (Å²) in [4.78, 5) is 24.8. The number of likely N-dealkylation sites (N-methyl/N-ethyl adjacent to an activating group) is 1. The molecule has 0 radical (unpaired) electrons. The number of terminal acetylenes is 1. The molecule has 0 aliphatic rings. The summed E-state index contributed by atoms with van der Waals surface area (Å²) in [7, 11) is 1.50. The van der Waals surface area contributed by atoms with Gasteiger partial charge in [-0.1, -0.05) is 89.9 Å². The molecule has 0 spiro atoms. The smallest absolute Gasteiger partial charge is 0.411 e. The van der Waals surface area contributed by atoms with E-state index in [0.717, 1.165) is 12.8 Å². The molecule has 28 heavy (non-hydrogen) atoms. The Bertz CT molecular complexity index is 444. The van der Waals surface area contributed by atoms with Gasteiger partial charge in [0.2, 0.25) is 0 Å². The molecule has 0 aromatic rings. The van der Waals surface area contributed by atoms with Gasteiger partial charge in [0.25, 0.3) is 0 Å². The van der Waals surface area contributed by atoms with Crippen molar-refractivity contribution in [3.63, 3.8) is 0 Å². The molecule has 5 heteroatoms. The molecule has 0 fully saturated rings. The van der Waals surface area contributed by atoms with E-state index in [1.165, 1.54) is 82.6 Å². The van der Waals surface area contributed by atoms with Gasteiger partial charge in [-0.3, -0.25) is 4.90 Å². The lowest BCUT2D eigenvalue weighted by molar-refractivity contribution is -0.148. The van der Waals surface area contributed by atoms with Crippen molar-refractivity contribution in [1.82, 2.24) is 4.90 Å². The predicted octanol–water partition coefficient (Wildman–Crippen LogP) is 5.71. The molecule has 0 heterocycles. The van der Waals surface area contributed by atoms with Gasteiger partial charge in [-0.15, -0.1) is 6.42 Å². The van der Waals surface area contributed by atoms with E-state index in [9.17, 15) is 9.59 Å². The summed E-state index contributed by atoms with van der Waals surface area (Å²) >= 11 is 0. The molecule has 0 saturated heterocycles. The molecule has 0 saturated carbocycles. The summed E-state index contributed by atoms with van der Waals surface area (Å²) < 4.78 is 10.0. The van der Waals surface area contributed by atoms with Crippen LogP contribution >= 0.6 is 0 Å². The van der Waals surface area contributed by atoms with Crippen molar-refractivity contribution in [2.75, 3.05) is 20.3 Å². The highest BCUT2D eigenvalue weighted by Crippen LogP contribution is 2.12. The SMILES string of the molecule is C#CCOC(=O)N(C)C(C)C(=O)OCCCCCCCCCCCCCCC. The van der Waals surface area contributed by atoms with E-state index in [-0.39, 0.29) is 6.61 Å². The fourth-order valence-electron chi connectivity index (χ4n) is 2.93. The van der Waals surface area contributed by atoms with Crippen molar-refractivity contribution >= 4 is 12.1 Å². The topological polar surface area (TPSA) is 55.8 Å². The maximum absolute atomic E-state index is 12.0. The molecular formula is C23H41NO4. The van der Waals surface area contributed by atoms with Crippen LogP contribution in [0.2, 0.25) is 0 Å². The number of ether oxygens (including phenoxy) is 2. The van der Waals surface area contributed by atoms with Crippen molar-refractivity contribution in [1.29, 1.82) is 0 Å². The average molecular weight is 396 g/mol. The summed E-state index contributed by atoms with van der Waals surface area (Å²) in [5.41, 5.74) is 0. The maximum Gasteiger partial charge on any atom is 0.411 e. The number of hydrogen-bond acceptors (Lipinski definition) is 4. The maximum atomic E-state index is 12.0. The van der Waals surface area contributed by atoms with Gasteiger partial charge in [-0.25, -0.2) is 9.59 Å². The van der Waals surface area contributed by atoms with Crippen LogP contribution in [0.3, 0.4) is 0 Å². The highest BCUT2D eigenvalue weighted by Gasteiger charge is 2.24. The minimum atomic E-state index is -0.688. The van der Waals surface area contributed by atoms with Crippen LogP contribution in [0.5, 0.6) is 0 Å². The summed E-state index contributed by atoms with van der Waals surface area (Å²) in [6.07, 6.45) is 21.0. The van der Waals surface area contributed by atoms with Crippen LogP contribution in [0.1, 0.15) is 97.3 Å². The summed E-state index contributed by atoms with van der Waals surface area (Å²) in [5, 5.41) is 0. The number of amides is 1. The van der Waals surface area contributed by atoms with Crippen LogP contribution < -0.4 is 0 Å². The monoisotopic (exact) mass is 395 g/mol. The van der Waals surface area contributed by atoms with Crippen LogP contribution in [0.15, 0.2) is 0 Å². The molecule has 0 aromatic carbocycles. The van der Waals surface area contributed by atoms with Crippen molar-refractivity contribution in [2.24, 2.45) is 0 Å². The van der Waals surface area contributed by atoms with Gasteiger partial charge in [-0.05, 0) is 13.3 Å². The van der Waals surface area contributed by atoms with E-state index < -0.39 is 18.1 Å². The number of esters is 1. The molecule has 0 aliphatic carbocycles. The number of carbonyl (C=O) groups is 2. The zero-order valence-corrected chi connectivity index (χ0v) is 18.3. The fraction of sp³-hybridized carbons (Fsp3) is 0.826. The van der Waals surface area contributed by atoms with Crippen LogP contribution in [0.4, 0.5) is 4.79 Å². The Morgan fingerprint density at radius 2 is 1.32 bits per heavy atom. The molecule has 0 aromatic heterocycles. The number of hydrogen-bond donors (Lipinski definition) is 0. The summed E-state index contributed by atoms with van der Waals surface area (Å²) in [5.74, 6) is 1.80. The molecule has 5 nitrogen and oxygen atoms in total. The second-order valence-corrected chi connectivity index (χ2v) is 7.46. The van der Waals surface area contributed by atoms with Crippen LogP contribution in [0.25, 0.3) is 0 Å². The molecular weight excluding hydrogens is 354 g/mol. The second kappa shape index (κ2) is 18.7. The number of nitrogens with zero attached hydrogens (tertiary/aromatic N) is 1. The third kappa shape index (κ3) is 14.4. The predicted molar refractivity (Wildman–Crippen MR) is 114 cm³/mol. The molecule has 1 unspecified atom stereocenters. The minimum Gasteiger partial charge on any atom is -0.464 e. The van der Waals surface area contributed by atoms with Crippen molar-refractivity contribution in [3.8, 4) is 12.3 Å². The molecule has 0 rings (SSSR count). The zero-order valence-electron chi connectivity index (χ0n) is 18.3. The van der Waals surface area contributed by atoms with E-state index in [4.69, 9.17) is 15.9 Å². The average Bonchev–Trinajstić information content (AvgIpc) is 2.70. The van der Waals surface area contributed by atoms with Gasteiger partial charge in [0.15, 0.2) is 6.61 Å². The molecule has 1 amide bonds. The van der Waals surface area contributed by atoms with E-state index in [2.05, 4.69) is 12.8 Å². The minimum absolute atomic E-state index is 0.107. The summed E-state index contributed by atoms with van der Waals surface area (Å²) in [6, 6.07) is -0.688. The van der Waals surface area contributed by atoms with Crippen molar-refractivity contribution in [3.05, 3.63) is 0 Å². The highest BCUT2D eigenvalue weighted by molar-refractivity contribution is 5.80. The van der Waals surface area contributed by atoms with Gasteiger partial charge in [0.1, 0.15) is 6.04 Å². The Hall–Kier alpha value is -1.70. The largest absolute Gasteiger partial charge is 0.464 e. The number of rotatable bonds is 17. The lowest BCUT2D eigenvalue weighted by Gasteiger charge is -2.22. The van der Waals surface area contributed by atoms with Gasteiger partial charge in [0, 0.05) is 7.05 Å². The first-order chi connectivity index (χ1) is 13.5. The fourth-order valence-corrected chi connectivity index (χ4v) is 2.93. The normalized spacial score (nSPS) is 11.5. The molecule has 0 aliphatic heterocycles.